The summed E-state index contributed by atoms with van der Waals surface area (Å²) in [6, 6.07) is 4.56. The van der Waals surface area contributed by atoms with Crippen molar-refractivity contribution in [2.45, 2.75) is 121 Å². The molecule has 2 bridgehead atoms. The van der Waals surface area contributed by atoms with E-state index in [1.54, 1.807) is 31.0 Å². The molecule has 8 rings (SSSR count). The summed E-state index contributed by atoms with van der Waals surface area (Å²) in [6.07, 6.45) is 6.65. The number of hydrogen-bond acceptors (Lipinski definition) is 14. The van der Waals surface area contributed by atoms with Crippen LogP contribution in [0.2, 0.25) is 0 Å². The summed E-state index contributed by atoms with van der Waals surface area (Å²) < 4.78 is 36.8. The van der Waals surface area contributed by atoms with Gasteiger partial charge in [0, 0.05) is 64.9 Å². The van der Waals surface area contributed by atoms with Gasteiger partial charge in [-0.1, -0.05) is 45.6 Å². The van der Waals surface area contributed by atoms with Crippen LogP contribution in [0.15, 0.2) is 18.2 Å². The van der Waals surface area contributed by atoms with Gasteiger partial charge in [0.05, 0.1) is 26.3 Å². The molecule has 0 radical (unpaired) electrons. The number of aryl methyl sites for hydroxylation is 1. The highest BCUT2D eigenvalue weighted by atomic mass is 32.2. The molecule has 5 unspecified atom stereocenters. The minimum Gasteiger partial charge on any atom is -0.504 e. The van der Waals surface area contributed by atoms with Crippen molar-refractivity contribution in [3.63, 3.8) is 0 Å². The average Bonchev–Trinajstić information content (AvgIpc) is 3.72. The van der Waals surface area contributed by atoms with Crippen LogP contribution in [0.1, 0.15) is 109 Å². The first-order valence-corrected chi connectivity index (χ1v) is 22.8. The molecule has 14 heteroatoms. The van der Waals surface area contributed by atoms with Gasteiger partial charge in [0.15, 0.2) is 40.0 Å². The molecule has 0 aromatic heterocycles. The lowest BCUT2D eigenvalue weighted by Gasteiger charge is -2.58. The number of ether oxygens (including phenoxy) is 6. The number of likely N-dealkylation sites (N-methyl/N-ethyl adjacent to an activating group) is 1. The number of carbonyl (C=O) groups excluding carboxylic acids is 2. The molecule has 5 aliphatic heterocycles. The number of phenolic OH excluding ortho intramolecular Hbond substituents is 2. The minimum absolute atomic E-state index is 0.00743. The van der Waals surface area contributed by atoms with Gasteiger partial charge in [-0.15, -0.1) is 0 Å². The van der Waals surface area contributed by atoms with Crippen molar-refractivity contribution in [2.75, 3.05) is 53.5 Å². The number of methoxy groups -OCH3 is 2. The normalized spacial score (nSPS) is 25.9. The summed E-state index contributed by atoms with van der Waals surface area (Å²) in [7, 11) is 5.23. The first-order chi connectivity index (χ1) is 29.3. The number of carbonyl (C=O) groups is 2. The molecular weight excluding hydrogens is 799 g/mol. The summed E-state index contributed by atoms with van der Waals surface area (Å²) in [5.41, 5.74) is 5.26. The zero-order valence-corrected chi connectivity index (χ0v) is 37.6. The average molecular weight is 860 g/mol. The number of esters is 2. The Morgan fingerprint density at radius 1 is 0.967 bits per heavy atom. The largest absolute Gasteiger partial charge is 0.504 e. The Balaban J connectivity index is 1.29. The fraction of sp³-hybridized carbons (Fsp3) is 0.574. The fourth-order valence-electron chi connectivity index (χ4n) is 10.7. The molecule has 6 atom stereocenters. The van der Waals surface area contributed by atoms with E-state index in [2.05, 4.69) is 42.1 Å². The van der Waals surface area contributed by atoms with Crippen molar-refractivity contribution in [1.82, 2.24) is 15.1 Å². The topological polar surface area (TPSA) is 148 Å². The molecule has 13 nitrogen and oxygen atoms in total. The maximum Gasteiger partial charge on any atom is 0.331 e. The van der Waals surface area contributed by atoms with Crippen LogP contribution < -0.4 is 29.0 Å². The van der Waals surface area contributed by atoms with Gasteiger partial charge in [-0.2, -0.15) is 11.8 Å². The van der Waals surface area contributed by atoms with E-state index < -0.39 is 17.6 Å². The van der Waals surface area contributed by atoms with Gasteiger partial charge in [-0.25, -0.2) is 4.79 Å². The van der Waals surface area contributed by atoms with E-state index in [1.165, 1.54) is 7.11 Å². The van der Waals surface area contributed by atoms with E-state index >= 15 is 4.79 Å². The van der Waals surface area contributed by atoms with E-state index in [4.69, 9.17) is 28.4 Å². The number of hydrogen-bond donors (Lipinski definition) is 3. The van der Waals surface area contributed by atoms with Crippen molar-refractivity contribution in [3.05, 3.63) is 62.7 Å². The highest BCUT2D eigenvalue weighted by Gasteiger charge is 2.54. The Hall–Kier alpha value is -4.37. The lowest BCUT2D eigenvalue weighted by molar-refractivity contribution is -0.155. The summed E-state index contributed by atoms with van der Waals surface area (Å²) in [6.45, 7) is 11.2. The first kappa shape index (κ1) is 43.3. The van der Waals surface area contributed by atoms with Gasteiger partial charge in [-0.3, -0.25) is 19.9 Å². The van der Waals surface area contributed by atoms with Crippen molar-refractivity contribution in [1.29, 1.82) is 0 Å². The van der Waals surface area contributed by atoms with Gasteiger partial charge in [0.2, 0.25) is 6.79 Å². The molecule has 5 heterocycles. The molecule has 3 aromatic carbocycles. The summed E-state index contributed by atoms with van der Waals surface area (Å²) in [5, 5.41) is 26.4. The SMILES string of the molecule is CCCCCCCC(=O)Oc1c(C)c2c(c(C3COC(=O)[C@]4(CSC(C)C5C6c7c(cc(C)c(OC)c7O)CC(CN35)N6C)NCCc3cc(O)c(OC)cc34)c1C)OCO2. The van der Waals surface area contributed by atoms with Crippen LogP contribution in [-0.2, 0) is 32.7 Å². The highest BCUT2D eigenvalue weighted by molar-refractivity contribution is 8.00. The number of aromatic hydroxyl groups is 2. The Bertz CT molecular complexity index is 2200. The smallest absolute Gasteiger partial charge is 0.331 e. The summed E-state index contributed by atoms with van der Waals surface area (Å²) >= 11 is 1.67. The summed E-state index contributed by atoms with van der Waals surface area (Å²) in [5.74, 6) is 2.00. The Morgan fingerprint density at radius 3 is 2.49 bits per heavy atom. The van der Waals surface area contributed by atoms with E-state index in [-0.39, 0.29) is 60.0 Å². The number of piperazine rings is 1. The van der Waals surface area contributed by atoms with Gasteiger partial charge in [0.1, 0.15) is 12.4 Å². The number of cyclic esters (lactones) is 1. The maximum absolute atomic E-state index is 15.0. The first-order valence-electron chi connectivity index (χ1n) is 21.8. The monoisotopic (exact) mass is 859 g/mol. The maximum atomic E-state index is 15.0. The van der Waals surface area contributed by atoms with Gasteiger partial charge >= 0.3 is 11.9 Å². The third-order valence-electron chi connectivity index (χ3n) is 13.8. The number of unbranched alkanes of at least 4 members (excludes halogenated alkanes) is 4. The fourth-order valence-corrected chi connectivity index (χ4v) is 12.1. The van der Waals surface area contributed by atoms with E-state index in [0.29, 0.717) is 72.2 Å². The number of thioether (sulfide) groups is 1. The molecule has 0 saturated carbocycles. The predicted molar refractivity (Wildman–Crippen MR) is 233 cm³/mol. The van der Waals surface area contributed by atoms with Crippen LogP contribution in [0.4, 0.5) is 0 Å². The van der Waals surface area contributed by atoms with E-state index in [1.807, 2.05) is 20.8 Å². The molecular formula is C47H61N3O10S. The molecule has 2 fully saturated rings. The van der Waals surface area contributed by atoms with Crippen molar-refractivity contribution < 1.29 is 48.2 Å². The lowest BCUT2D eigenvalue weighted by atomic mass is 9.77. The molecule has 330 valence electrons. The van der Waals surface area contributed by atoms with Crippen LogP contribution in [0.3, 0.4) is 0 Å². The van der Waals surface area contributed by atoms with Crippen LogP contribution in [0, 0.1) is 20.8 Å². The zero-order chi connectivity index (χ0) is 43.3. The van der Waals surface area contributed by atoms with Crippen molar-refractivity contribution in [3.8, 4) is 40.2 Å². The van der Waals surface area contributed by atoms with Crippen molar-refractivity contribution in [2.24, 2.45) is 0 Å². The zero-order valence-electron chi connectivity index (χ0n) is 36.8. The molecule has 2 saturated heterocycles. The number of benzene rings is 3. The minimum atomic E-state index is -1.27. The third kappa shape index (κ3) is 7.44. The second-order valence-electron chi connectivity index (χ2n) is 17.4. The molecule has 3 N–H and O–H groups in total. The van der Waals surface area contributed by atoms with Crippen LogP contribution >= 0.6 is 11.8 Å². The Kier molecular flexibility index (Phi) is 12.4. The quantitative estimate of drug-likeness (QED) is 0.108. The summed E-state index contributed by atoms with van der Waals surface area (Å²) in [4.78, 5) is 33.4. The Morgan fingerprint density at radius 2 is 1.74 bits per heavy atom. The molecule has 3 aromatic rings. The van der Waals surface area contributed by atoms with E-state index in [9.17, 15) is 15.0 Å². The Labute approximate surface area is 363 Å². The van der Waals surface area contributed by atoms with Crippen LogP contribution in [0.25, 0.3) is 0 Å². The molecule has 5 aliphatic rings. The van der Waals surface area contributed by atoms with Gasteiger partial charge in [-0.05, 0) is 81.5 Å². The van der Waals surface area contributed by atoms with E-state index in [0.717, 1.165) is 65.5 Å². The third-order valence-corrected chi connectivity index (χ3v) is 15.2. The van der Waals surface area contributed by atoms with Crippen molar-refractivity contribution >= 4 is 23.7 Å². The van der Waals surface area contributed by atoms with Crippen LogP contribution in [0.5, 0.6) is 40.2 Å². The molecule has 1 spiro atoms. The second kappa shape index (κ2) is 17.4. The number of fused-ring (bicyclic) bond motifs is 9. The lowest BCUT2D eigenvalue weighted by Crippen LogP contribution is -2.65. The molecule has 0 aliphatic carbocycles. The highest BCUT2D eigenvalue weighted by Crippen LogP contribution is 2.56. The number of rotatable bonds is 10. The second-order valence-corrected chi connectivity index (χ2v) is 18.8. The van der Waals surface area contributed by atoms with Gasteiger partial charge < -0.3 is 38.6 Å². The molecule has 0 amide bonds. The van der Waals surface area contributed by atoms with Gasteiger partial charge in [0.25, 0.3) is 0 Å². The van der Waals surface area contributed by atoms with Crippen LogP contribution in [-0.4, -0.2) is 103 Å². The number of nitrogens with one attached hydrogen (secondary N) is 1. The predicted octanol–water partition coefficient (Wildman–Crippen LogP) is 7.08. The molecule has 61 heavy (non-hydrogen) atoms. The number of nitrogens with zero attached hydrogens (tertiary/aromatic N) is 2. The standard InChI is InChI=1S/C47H61N3O10S/c1-9-10-11-12-13-14-36(52)60-43-26(3)37(45-44(27(43)4)58-24-59-45)33-22-57-46(54)47(32-20-35(55-7)34(51)19-29(32)15-16-48-47)23-61-28(5)39-40-38-30(17-25(2)42(56-8)41(38)53)18-31(49(40)6)21-50(33)39/h17,19-20,28,31,33,39-40,48,51,53H,9-16,18,21-24H2,1-8H3/t28?,31?,33?,39?,40?,47-/m1/s1. The number of phenols is 2.